The molecule has 0 aliphatic heterocycles. The number of carboxylic acid groups (broad SMARTS) is 2. The van der Waals surface area contributed by atoms with Crippen molar-refractivity contribution in [2.45, 2.75) is 63.7 Å². The highest BCUT2D eigenvalue weighted by Crippen LogP contribution is 2.10. The average molecular weight is 525 g/mol. The highest BCUT2D eigenvalue weighted by Gasteiger charge is 2.33. The Bertz CT molecular complexity index is 900. The number of hydrogen-bond donors (Lipinski definition) is 6. The minimum Gasteiger partial charge on any atom is -0.481 e. The molecule has 0 radical (unpaired) electrons. The van der Waals surface area contributed by atoms with Gasteiger partial charge in [-0.25, -0.2) is 4.79 Å². The van der Waals surface area contributed by atoms with Crippen LogP contribution in [0, 0.1) is 5.92 Å². The average Bonchev–Trinajstić information content (AvgIpc) is 2.83. The standard InChI is InChI=1S/C24H36N4O7S/c1-4-14(2)20(24(34)35)28-23(33)18(13-19(29)30)27-22(32)17(10-11-36-3)26-21(31)16(25)12-15-8-6-5-7-9-15/h5-9,14,16-18,20H,4,10-13,25H2,1-3H3,(H,26,31)(H,27,32)(H,28,33)(H,29,30)(H,34,35)/t14-,16-,17-,18-,20-/m0/s1. The molecule has 7 N–H and O–H groups in total. The van der Waals surface area contributed by atoms with Crippen molar-refractivity contribution in [1.82, 2.24) is 16.0 Å². The number of carbonyl (C=O) groups excluding carboxylic acids is 3. The topological polar surface area (TPSA) is 188 Å². The Balaban J connectivity index is 2.96. The van der Waals surface area contributed by atoms with E-state index in [4.69, 9.17) is 5.73 Å². The molecular weight excluding hydrogens is 488 g/mol. The first-order chi connectivity index (χ1) is 17.0. The molecule has 1 aromatic carbocycles. The molecule has 0 bridgehead atoms. The molecule has 1 aromatic rings. The fourth-order valence-electron chi connectivity index (χ4n) is 3.34. The molecule has 3 amide bonds. The minimum absolute atomic E-state index is 0.211. The van der Waals surface area contributed by atoms with Crippen molar-refractivity contribution in [3.63, 3.8) is 0 Å². The molecule has 0 spiro atoms. The van der Waals surface area contributed by atoms with Gasteiger partial charge in [-0.3, -0.25) is 19.2 Å². The second-order valence-electron chi connectivity index (χ2n) is 8.51. The van der Waals surface area contributed by atoms with Crippen molar-refractivity contribution in [3.8, 4) is 0 Å². The molecule has 0 heterocycles. The molecule has 11 nitrogen and oxygen atoms in total. The smallest absolute Gasteiger partial charge is 0.326 e. The summed E-state index contributed by atoms with van der Waals surface area (Å²) in [4.78, 5) is 61.4. The molecule has 0 aromatic heterocycles. The normalized spacial score (nSPS) is 15.0. The van der Waals surface area contributed by atoms with Crippen LogP contribution in [0.4, 0.5) is 0 Å². The van der Waals surface area contributed by atoms with E-state index in [1.54, 1.807) is 13.8 Å². The molecule has 36 heavy (non-hydrogen) atoms. The molecule has 5 atom stereocenters. The maximum Gasteiger partial charge on any atom is 0.326 e. The quantitative estimate of drug-likeness (QED) is 0.177. The summed E-state index contributed by atoms with van der Waals surface area (Å²) in [6.07, 6.45) is 1.97. The van der Waals surface area contributed by atoms with E-state index in [1.165, 1.54) is 11.8 Å². The summed E-state index contributed by atoms with van der Waals surface area (Å²) in [7, 11) is 0. The summed E-state index contributed by atoms with van der Waals surface area (Å²) in [5, 5.41) is 26.0. The van der Waals surface area contributed by atoms with E-state index in [2.05, 4.69) is 16.0 Å². The number of thioether (sulfide) groups is 1. The second-order valence-corrected chi connectivity index (χ2v) is 9.49. The molecule has 0 fully saturated rings. The van der Waals surface area contributed by atoms with Crippen LogP contribution < -0.4 is 21.7 Å². The summed E-state index contributed by atoms with van der Waals surface area (Å²) in [6, 6.07) is 4.34. The third kappa shape index (κ3) is 10.6. The molecule has 0 saturated heterocycles. The van der Waals surface area contributed by atoms with Crippen molar-refractivity contribution in [3.05, 3.63) is 35.9 Å². The molecular formula is C24H36N4O7S. The Morgan fingerprint density at radius 3 is 2.06 bits per heavy atom. The number of rotatable bonds is 16. The Kier molecular flexibility index (Phi) is 13.6. The number of nitrogens with one attached hydrogen (secondary N) is 3. The fraction of sp³-hybridized carbons (Fsp3) is 0.542. The van der Waals surface area contributed by atoms with E-state index >= 15 is 0 Å². The van der Waals surface area contributed by atoms with Gasteiger partial charge in [0.25, 0.3) is 0 Å². The predicted octanol–water partition coefficient (Wildman–Crippen LogP) is 0.369. The van der Waals surface area contributed by atoms with Crippen LogP contribution in [0.3, 0.4) is 0 Å². The number of nitrogens with two attached hydrogens (primary N) is 1. The number of carboxylic acids is 2. The molecule has 1 rings (SSSR count). The van der Waals surface area contributed by atoms with E-state index in [1.807, 2.05) is 36.6 Å². The summed E-state index contributed by atoms with van der Waals surface area (Å²) >= 11 is 1.44. The van der Waals surface area contributed by atoms with Gasteiger partial charge in [0, 0.05) is 0 Å². The first kappa shape index (κ1) is 30.9. The second kappa shape index (κ2) is 15.8. The van der Waals surface area contributed by atoms with E-state index in [0.29, 0.717) is 12.2 Å². The highest BCUT2D eigenvalue weighted by atomic mass is 32.2. The first-order valence-corrected chi connectivity index (χ1v) is 13.0. The zero-order valence-electron chi connectivity index (χ0n) is 20.7. The molecule has 0 aliphatic rings. The largest absolute Gasteiger partial charge is 0.481 e. The Hall–Kier alpha value is -3.12. The molecule has 12 heteroatoms. The SMILES string of the molecule is CC[C@H](C)[C@H](NC(=O)[C@H](CC(=O)O)NC(=O)[C@H](CCSC)NC(=O)[C@@H](N)Cc1ccccc1)C(=O)O. The third-order valence-corrected chi connectivity index (χ3v) is 6.31. The van der Waals surface area contributed by atoms with E-state index in [0.717, 1.165) is 5.56 Å². The van der Waals surface area contributed by atoms with Gasteiger partial charge in [0.1, 0.15) is 18.1 Å². The van der Waals surface area contributed by atoms with Crippen LogP contribution in [0.15, 0.2) is 30.3 Å². The summed E-state index contributed by atoms with van der Waals surface area (Å²) in [6.45, 7) is 3.39. The molecule has 0 saturated carbocycles. The Morgan fingerprint density at radius 2 is 1.53 bits per heavy atom. The number of amides is 3. The highest BCUT2D eigenvalue weighted by molar-refractivity contribution is 7.98. The lowest BCUT2D eigenvalue weighted by molar-refractivity contribution is -0.144. The molecule has 0 aliphatic carbocycles. The minimum atomic E-state index is -1.53. The van der Waals surface area contributed by atoms with Gasteiger partial charge in [0.2, 0.25) is 17.7 Å². The van der Waals surface area contributed by atoms with Gasteiger partial charge in [-0.15, -0.1) is 0 Å². The van der Waals surface area contributed by atoms with Crippen molar-refractivity contribution >= 4 is 41.4 Å². The van der Waals surface area contributed by atoms with Gasteiger partial charge in [0.15, 0.2) is 0 Å². The maximum atomic E-state index is 13.0. The number of carbonyl (C=O) groups is 5. The van der Waals surface area contributed by atoms with Crippen molar-refractivity contribution in [2.75, 3.05) is 12.0 Å². The number of hydrogen-bond acceptors (Lipinski definition) is 7. The van der Waals surface area contributed by atoms with Crippen molar-refractivity contribution < 1.29 is 34.2 Å². The maximum absolute atomic E-state index is 13.0. The summed E-state index contributed by atoms with van der Waals surface area (Å²) in [5.74, 6) is -4.82. The van der Waals surface area contributed by atoms with Crippen LogP contribution in [-0.4, -0.2) is 76.0 Å². The van der Waals surface area contributed by atoms with Crippen molar-refractivity contribution in [1.29, 1.82) is 0 Å². The Labute approximate surface area is 215 Å². The number of benzene rings is 1. The van der Waals surface area contributed by atoms with E-state index in [9.17, 15) is 34.2 Å². The Morgan fingerprint density at radius 1 is 0.944 bits per heavy atom. The van der Waals surface area contributed by atoms with Gasteiger partial charge in [-0.2, -0.15) is 11.8 Å². The van der Waals surface area contributed by atoms with Gasteiger partial charge in [-0.1, -0.05) is 50.6 Å². The van der Waals surface area contributed by atoms with E-state index < -0.39 is 66.2 Å². The van der Waals surface area contributed by atoms with Crippen LogP contribution >= 0.6 is 11.8 Å². The lowest BCUT2D eigenvalue weighted by atomic mass is 9.98. The molecule has 0 unspecified atom stereocenters. The monoisotopic (exact) mass is 524 g/mol. The zero-order chi connectivity index (χ0) is 27.3. The predicted molar refractivity (Wildman–Crippen MR) is 136 cm³/mol. The van der Waals surface area contributed by atoms with E-state index in [-0.39, 0.29) is 12.8 Å². The van der Waals surface area contributed by atoms with Crippen molar-refractivity contribution in [2.24, 2.45) is 11.7 Å². The summed E-state index contributed by atoms with van der Waals surface area (Å²) < 4.78 is 0. The fourth-order valence-corrected chi connectivity index (χ4v) is 3.81. The van der Waals surface area contributed by atoms with Crippen LogP contribution in [-0.2, 0) is 30.4 Å². The molecule has 200 valence electrons. The van der Waals surface area contributed by atoms with Crippen LogP contribution in [0.5, 0.6) is 0 Å². The first-order valence-electron chi connectivity index (χ1n) is 11.6. The van der Waals surface area contributed by atoms with Crippen LogP contribution in [0.25, 0.3) is 0 Å². The van der Waals surface area contributed by atoms with Gasteiger partial charge < -0.3 is 31.9 Å². The zero-order valence-corrected chi connectivity index (χ0v) is 21.5. The summed E-state index contributed by atoms with van der Waals surface area (Å²) in [5.41, 5.74) is 6.87. The van der Waals surface area contributed by atoms with Crippen LogP contribution in [0.2, 0.25) is 0 Å². The lowest BCUT2D eigenvalue weighted by Crippen LogP contribution is -2.58. The lowest BCUT2D eigenvalue weighted by Gasteiger charge is -2.26. The van der Waals surface area contributed by atoms with Gasteiger partial charge >= 0.3 is 11.9 Å². The third-order valence-electron chi connectivity index (χ3n) is 5.67. The van der Waals surface area contributed by atoms with Gasteiger partial charge in [-0.05, 0) is 36.3 Å². The van der Waals surface area contributed by atoms with Crippen LogP contribution in [0.1, 0.15) is 38.7 Å². The number of aliphatic carboxylic acids is 2. The van der Waals surface area contributed by atoms with Gasteiger partial charge in [0.05, 0.1) is 12.5 Å².